The van der Waals surface area contributed by atoms with Gasteiger partial charge < -0.3 is 14.7 Å². The van der Waals surface area contributed by atoms with Gasteiger partial charge in [-0.1, -0.05) is 6.92 Å². The topological polar surface area (TPSA) is 78.8 Å². The molecule has 0 aliphatic carbocycles. The number of methoxy groups -OCH3 is 1. The van der Waals surface area contributed by atoms with E-state index in [-0.39, 0.29) is 5.92 Å². The molecule has 7 heteroatoms. The quantitative estimate of drug-likeness (QED) is 0.825. The lowest BCUT2D eigenvalue weighted by Crippen LogP contribution is -2.41. The predicted molar refractivity (Wildman–Crippen MR) is 90.2 cm³/mol. The number of likely N-dealkylation sites (tertiary alicyclic amines) is 1. The fourth-order valence-corrected chi connectivity index (χ4v) is 3.99. The van der Waals surface area contributed by atoms with Gasteiger partial charge in [-0.3, -0.25) is 9.69 Å². The number of ether oxygens (including phenoxy) is 1. The van der Waals surface area contributed by atoms with Gasteiger partial charge in [-0.25, -0.2) is 9.97 Å². The normalized spacial score (nSPS) is 26.8. The van der Waals surface area contributed by atoms with E-state index >= 15 is 0 Å². The molecule has 132 valence electrons. The first-order chi connectivity index (χ1) is 11.5. The number of fused-ring (bicyclic) bond motifs is 1. The molecule has 24 heavy (non-hydrogen) atoms. The number of rotatable bonds is 6. The average molecular weight is 334 g/mol. The Morgan fingerprint density at radius 3 is 2.88 bits per heavy atom. The molecule has 2 atom stereocenters. The van der Waals surface area contributed by atoms with Crippen LogP contribution in [0.2, 0.25) is 0 Å². The molecule has 2 aliphatic heterocycles. The summed E-state index contributed by atoms with van der Waals surface area (Å²) in [6.45, 7) is 8.02. The summed E-state index contributed by atoms with van der Waals surface area (Å²) in [6.07, 6.45) is 2.70. The van der Waals surface area contributed by atoms with Gasteiger partial charge in [0.05, 0.1) is 6.61 Å². The first-order valence-electron chi connectivity index (χ1n) is 8.52. The van der Waals surface area contributed by atoms with Crippen molar-refractivity contribution in [3.63, 3.8) is 0 Å². The smallest absolute Gasteiger partial charge is 0.313 e. The third-order valence-electron chi connectivity index (χ3n) is 5.40. The van der Waals surface area contributed by atoms with Gasteiger partial charge in [0.25, 0.3) is 0 Å². The number of aromatic nitrogens is 2. The van der Waals surface area contributed by atoms with E-state index in [2.05, 4.69) is 21.8 Å². The number of aliphatic carboxylic acids is 1. The second-order valence-corrected chi connectivity index (χ2v) is 6.92. The maximum atomic E-state index is 12.1. The van der Waals surface area contributed by atoms with Gasteiger partial charge >= 0.3 is 5.97 Å². The lowest BCUT2D eigenvalue weighted by molar-refractivity contribution is -0.148. The zero-order chi connectivity index (χ0) is 17.3. The summed E-state index contributed by atoms with van der Waals surface area (Å²) >= 11 is 0. The van der Waals surface area contributed by atoms with Crippen molar-refractivity contribution in [1.82, 2.24) is 14.9 Å². The van der Waals surface area contributed by atoms with Gasteiger partial charge in [0, 0.05) is 57.6 Å². The SMILES string of the molecule is CCc1nc(N2CC3CN(CCOC)CC3(C(=O)O)C2)ncc1C. The number of carboxylic acids is 1. The number of hydrogen-bond donors (Lipinski definition) is 1. The van der Waals surface area contributed by atoms with Crippen molar-refractivity contribution in [2.75, 3.05) is 51.3 Å². The molecule has 0 amide bonds. The van der Waals surface area contributed by atoms with Crippen molar-refractivity contribution in [3.05, 3.63) is 17.5 Å². The van der Waals surface area contributed by atoms with E-state index in [0.717, 1.165) is 30.8 Å². The number of carboxylic acid groups (broad SMARTS) is 1. The number of aryl methyl sites for hydroxylation is 2. The Kier molecular flexibility index (Phi) is 4.73. The minimum absolute atomic E-state index is 0.0989. The van der Waals surface area contributed by atoms with Gasteiger partial charge in [0.15, 0.2) is 0 Å². The summed E-state index contributed by atoms with van der Waals surface area (Å²) in [7, 11) is 1.67. The van der Waals surface area contributed by atoms with Crippen LogP contribution in [0.5, 0.6) is 0 Å². The Bertz CT molecular complexity index is 624. The highest BCUT2D eigenvalue weighted by molar-refractivity contribution is 5.78. The number of carbonyl (C=O) groups is 1. The first-order valence-corrected chi connectivity index (χ1v) is 8.52. The van der Waals surface area contributed by atoms with Crippen LogP contribution in [0.15, 0.2) is 6.20 Å². The minimum atomic E-state index is -0.728. The molecule has 0 aromatic carbocycles. The van der Waals surface area contributed by atoms with Crippen LogP contribution in [-0.2, 0) is 16.0 Å². The number of hydrogen-bond acceptors (Lipinski definition) is 6. The minimum Gasteiger partial charge on any atom is -0.481 e. The van der Waals surface area contributed by atoms with Crippen molar-refractivity contribution in [2.24, 2.45) is 11.3 Å². The van der Waals surface area contributed by atoms with Crippen molar-refractivity contribution in [3.8, 4) is 0 Å². The van der Waals surface area contributed by atoms with Gasteiger partial charge in [-0.2, -0.15) is 0 Å². The van der Waals surface area contributed by atoms with E-state index in [4.69, 9.17) is 4.74 Å². The van der Waals surface area contributed by atoms with E-state index in [0.29, 0.717) is 32.2 Å². The molecule has 3 rings (SSSR count). The summed E-state index contributed by atoms with van der Waals surface area (Å²) in [5.74, 6) is 0.0514. The molecule has 0 radical (unpaired) electrons. The molecule has 2 unspecified atom stereocenters. The van der Waals surface area contributed by atoms with Gasteiger partial charge in [-0.05, 0) is 18.9 Å². The Morgan fingerprint density at radius 2 is 2.25 bits per heavy atom. The molecule has 7 nitrogen and oxygen atoms in total. The predicted octanol–water partition coefficient (Wildman–Crippen LogP) is 0.817. The van der Waals surface area contributed by atoms with E-state index in [1.165, 1.54) is 0 Å². The lowest BCUT2D eigenvalue weighted by Gasteiger charge is -2.25. The molecule has 0 spiro atoms. The number of anilines is 1. The molecule has 2 fully saturated rings. The molecular weight excluding hydrogens is 308 g/mol. The maximum absolute atomic E-state index is 12.1. The molecule has 0 saturated carbocycles. The standard InChI is InChI=1S/C17H26N4O3/c1-4-14-12(2)7-18-16(19-14)21-9-13-8-20(5-6-24-3)10-17(13,11-21)15(22)23/h7,13H,4-6,8-11H2,1-3H3,(H,22,23). The average Bonchev–Trinajstić information content (AvgIpc) is 3.08. The van der Waals surface area contributed by atoms with Gasteiger partial charge in [0.1, 0.15) is 5.41 Å². The molecule has 2 saturated heterocycles. The van der Waals surface area contributed by atoms with Crippen LogP contribution < -0.4 is 4.90 Å². The maximum Gasteiger partial charge on any atom is 0.313 e. The summed E-state index contributed by atoms with van der Waals surface area (Å²) in [4.78, 5) is 25.4. The lowest BCUT2D eigenvalue weighted by atomic mass is 9.81. The summed E-state index contributed by atoms with van der Waals surface area (Å²) < 4.78 is 5.13. The van der Waals surface area contributed by atoms with E-state index in [9.17, 15) is 9.90 Å². The molecule has 2 aliphatic rings. The van der Waals surface area contributed by atoms with Crippen LogP contribution in [0.25, 0.3) is 0 Å². The van der Waals surface area contributed by atoms with Crippen LogP contribution in [0.1, 0.15) is 18.2 Å². The molecule has 1 aromatic heterocycles. The fourth-order valence-electron chi connectivity index (χ4n) is 3.99. The van der Waals surface area contributed by atoms with Crippen molar-refractivity contribution < 1.29 is 14.6 Å². The third kappa shape index (κ3) is 2.86. The van der Waals surface area contributed by atoms with Gasteiger partial charge in [-0.15, -0.1) is 0 Å². The van der Waals surface area contributed by atoms with E-state index in [1.54, 1.807) is 7.11 Å². The molecule has 0 bridgehead atoms. The Balaban J connectivity index is 1.79. The summed E-state index contributed by atoms with van der Waals surface area (Å²) in [5.41, 5.74) is 1.39. The summed E-state index contributed by atoms with van der Waals surface area (Å²) in [5, 5.41) is 9.90. The Labute approximate surface area is 142 Å². The number of nitrogens with zero attached hydrogens (tertiary/aromatic N) is 4. The second kappa shape index (κ2) is 6.64. The fraction of sp³-hybridized carbons (Fsp3) is 0.706. The van der Waals surface area contributed by atoms with Crippen molar-refractivity contribution >= 4 is 11.9 Å². The summed E-state index contributed by atoms with van der Waals surface area (Å²) in [6, 6.07) is 0. The second-order valence-electron chi connectivity index (χ2n) is 6.92. The van der Waals surface area contributed by atoms with E-state index < -0.39 is 11.4 Å². The molecule has 1 N–H and O–H groups in total. The third-order valence-corrected chi connectivity index (χ3v) is 5.40. The van der Waals surface area contributed by atoms with E-state index in [1.807, 2.05) is 18.0 Å². The highest BCUT2D eigenvalue weighted by Crippen LogP contribution is 2.43. The highest BCUT2D eigenvalue weighted by atomic mass is 16.5. The van der Waals surface area contributed by atoms with Crippen LogP contribution >= 0.6 is 0 Å². The Morgan fingerprint density at radius 1 is 1.46 bits per heavy atom. The van der Waals surface area contributed by atoms with Crippen LogP contribution in [0.4, 0.5) is 5.95 Å². The first kappa shape index (κ1) is 17.1. The monoisotopic (exact) mass is 334 g/mol. The Hall–Kier alpha value is -1.73. The largest absolute Gasteiger partial charge is 0.481 e. The van der Waals surface area contributed by atoms with Crippen LogP contribution in [-0.4, -0.2) is 72.4 Å². The van der Waals surface area contributed by atoms with Crippen LogP contribution in [0, 0.1) is 18.3 Å². The highest BCUT2D eigenvalue weighted by Gasteiger charge is 2.57. The molecular formula is C17H26N4O3. The van der Waals surface area contributed by atoms with Crippen molar-refractivity contribution in [2.45, 2.75) is 20.3 Å². The zero-order valence-corrected chi connectivity index (χ0v) is 14.7. The van der Waals surface area contributed by atoms with Crippen LogP contribution in [0.3, 0.4) is 0 Å². The van der Waals surface area contributed by atoms with Gasteiger partial charge in [0.2, 0.25) is 5.95 Å². The molecule has 3 heterocycles. The van der Waals surface area contributed by atoms with Crippen molar-refractivity contribution in [1.29, 1.82) is 0 Å². The molecule has 1 aromatic rings. The zero-order valence-electron chi connectivity index (χ0n) is 14.7.